The van der Waals surface area contributed by atoms with Crippen molar-refractivity contribution in [3.05, 3.63) is 0 Å². The van der Waals surface area contributed by atoms with Crippen LogP contribution in [0.5, 0.6) is 0 Å². The Kier molecular flexibility index (Phi) is 2.14. The van der Waals surface area contributed by atoms with Crippen LogP contribution in [0.3, 0.4) is 0 Å². The maximum atomic E-state index is 7.86. The summed E-state index contributed by atoms with van der Waals surface area (Å²) in [5, 5.41) is 14.3. The zero-order chi connectivity index (χ0) is 8.39. The summed E-state index contributed by atoms with van der Waals surface area (Å²) in [6.07, 6.45) is 0. The van der Waals surface area contributed by atoms with E-state index in [0.717, 1.165) is 39.5 Å². The topological polar surface area (TPSA) is 54.4 Å². The Hall–Kier alpha value is -0.810. The fourth-order valence-corrected chi connectivity index (χ4v) is 1.58. The van der Waals surface area contributed by atoms with E-state index in [1.807, 2.05) is 0 Å². The van der Waals surface area contributed by atoms with Crippen molar-refractivity contribution in [2.24, 2.45) is 0 Å². The van der Waals surface area contributed by atoms with Gasteiger partial charge < -0.3 is 9.80 Å². The second-order valence-corrected chi connectivity index (χ2v) is 3.17. The molecule has 0 aromatic carbocycles. The molecule has 0 atom stereocenters. The van der Waals surface area contributed by atoms with Gasteiger partial charge in [0.1, 0.15) is 0 Å². The largest absolute Gasteiger partial charge is 0.329 e. The molecule has 0 radical (unpaired) electrons. The maximum Gasteiger partial charge on any atom is 0.195 e. The Morgan fingerprint density at radius 1 is 1.00 bits per heavy atom. The molecule has 12 heavy (non-hydrogen) atoms. The van der Waals surface area contributed by atoms with Crippen molar-refractivity contribution < 1.29 is 0 Å². The molecule has 0 spiro atoms. The van der Waals surface area contributed by atoms with Gasteiger partial charge in [-0.25, -0.2) is 0 Å². The summed E-state index contributed by atoms with van der Waals surface area (Å²) in [7, 11) is 0. The standard InChI is InChI=1S/C7H15N5/c8-7(11-3-1-9-5-11)12-4-2-10-6-12/h8-10H,1-6H2. The van der Waals surface area contributed by atoms with Gasteiger partial charge in [-0.05, 0) is 0 Å². The highest BCUT2D eigenvalue weighted by Gasteiger charge is 2.21. The molecule has 2 rings (SSSR count). The molecule has 0 aromatic rings. The van der Waals surface area contributed by atoms with Crippen LogP contribution in [0.15, 0.2) is 0 Å². The summed E-state index contributed by atoms with van der Waals surface area (Å²) in [6, 6.07) is 0. The number of nitrogens with one attached hydrogen (secondary N) is 3. The van der Waals surface area contributed by atoms with E-state index < -0.39 is 0 Å². The van der Waals surface area contributed by atoms with Gasteiger partial charge in [-0.3, -0.25) is 16.0 Å². The van der Waals surface area contributed by atoms with Crippen LogP contribution in [0.25, 0.3) is 0 Å². The number of hydrogen-bond donors (Lipinski definition) is 3. The Morgan fingerprint density at radius 3 is 1.83 bits per heavy atom. The highest BCUT2D eigenvalue weighted by molar-refractivity contribution is 5.77. The lowest BCUT2D eigenvalue weighted by Gasteiger charge is -2.25. The molecule has 2 fully saturated rings. The minimum absolute atomic E-state index is 0.657. The highest BCUT2D eigenvalue weighted by Crippen LogP contribution is 2.01. The van der Waals surface area contributed by atoms with E-state index in [1.165, 1.54) is 0 Å². The smallest absolute Gasteiger partial charge is 0.195 e. The Labute approximate surface area is 72.2 Å². The lowest BCUT2D eigenvalue weighted by Crippen LogP contribution is -2.42. The van der Waals surface area contributed by atoms with Crippen LogP contribution in [0.2, 0.25) is 0 Å². The maximum absolute atomic E-state index is 7.86. The van der Waals surface area contributed by atoms with Crippen LogP contribution in [0.4, 0.5) is 0 Å². The van der Waals surface area contributed by atoms with Crippen molar-refractivity contribution in [3.8, 4) is 0 Å². The van der Waals surface area contributed by atoms with Crippen LogP contribution < -0.4 is 10.6 Å². The predicted octanol–water partition coefficient (Wildman–Crippen LogP) is -1.35. The van der Waals surface area contributed by atoms with Gasteiger partial charge >= 0.3 is 0 Å². The molecule has 68 valence electrons. The van der Waals surface area contributed by atoms with Crippen LogP contribution in [0.1, 0.15) is 0 Å². The number of rotatable bonds is 0. The van der Waals surface area contributed by atoms with Crippen LogP contribution in [0, 0.1) is 5.41 Å². The van der Waals surface area contributed by atoms with E-state index in [2.05, 4.69) is 20.4 Å². The Balaban J connectivity index is 1.89. The first-order valence-electron chi connectivity index (χ1n) is 4.38. The lowest BCUT2D eigenvalue weighted by molar-refractivity contribution is 0.385. The molecular formula is C7H15N5. The molecule has 3 N–H and O–H groups in total. The molecule has 2 aliphatic rings. The fourth-order valence-electron chi connectivity index (χ4n) is 1.58. The molecule has 2 saturated heterocycles. The quantitative estimate of drug-likeness (QED) is 0.310. The van der Waals surface area contributed by atoms with Crippen molar-refractivity contribution in [1.29, 1.82) is 5.41 Å². The normalized spacial score (nSPS) is 23.7. The molecule has 0 aromatic heterocycles. The van der Waals surface area contributed by atoms with Gasteiger partial charge in [0.05, 0.1) is 13.3 Å². The monoisotopic (exact) mass is 169 g/mol. The van der Waals surface area contributed by atoms with Crippen molar-refractivity contribution in [2.75, 3.05) is 39.5 Å². The molecule has 2 aliphatic heterocycles. The van der Waals surface area contributed by atoms with Gasteiger partial charge in [0.25, 0.3) is 0 Å². The lowest BCUT2D eigenvalue weighted by atomic mass is 10.5. The summed E-state index contributed by atoms with van der Waals surface area (Å²) in [5.74, 6) is 0.657. The third-order valence-electron chi connectivity index (χ3n) is 2.32. The van der Waals surface area contributed by atoms with Gasteiger partial charge in [0.2, 0.25) is 0 Å². The van der Waals surface area contributed by atoms with Crippen molar-refractivity contribution >= 4 is 5.96 Å². The predicted molar refractivity (Wildman–Crippen MR) is 46.9 cm³/mol. The van der Waals surface area contributed by atoms with E-state index in [-0.39, 0.29) is 0 Å². The van der Waals surface area contributed by atoms with Crippen molar-refractivity contribution in [1.82, 2.24) is 20.4 Å². The van der Waals surface area contributed by atoms with E-state index in [4.69, 9.17) is 5.41 Å². The summed E-state index contributed by atoms with van der Waals surface area (Å²) in [4.78, 5) is 4.12. The highest BCUT2D eigenvalue weighted by atomic mass is 15.5. The van der Waals surface area contributed by atoms with Gasteiger partial charge in [-0.2, -0.15) is 0 Å². The SMILES string of the molecule is N=C(N1CCNC1)N1CCNC1. The average Bonchev–Trinajstić information content (AvgIpc) is 2.77. The van der Waals surface area contributed by atoms with Crippen LogP contribution in [-0.2, 0) is 0 Å². The summed E-state index contributed by atoms with van der Waals surface area (Å²) < 4.78 is 0. The molecule has 0 amide bonds. The third-order valence-corrected chi connectivity index (χ3v) is 2.32. The van der Waals surface area contributed by atoms with Gasteiger partial charge in [0, 0.05) is 26.2 Å². The number of guanidine groups is 1. The molecule has 5 heteroatoms. The summed E-state index contributed by atoms with van der Waals surface area (Å²) in [6.45, 7) is 5.60. The first-order valence-corrected chi connectivity index (χ1v) is 4.38. The second-order valence-electron chi connectivity index (χ2n) is 3.17. The zero-order valence-electron chi connectivity index (χ0n) is 7.14. The molecule has 5 nitrogen and oxygen atoms in total. The van der Waals surface area contributed by atoms with E-state index in [1.54, 1.807) is 0 Å². The molecule has 0 bridgehead atoms. The first-order chi connectivity index (χ1) is 5.88. The zero-order valence-corrected chi connectivity index (χ0v) is 7.14. The van der Waals surface area contributed by atoms with Crippen LogP contribution >= 0.6 is 0 Å². The second kappa shape index (κ2) is 3.28. The molecule has 0 unspecified atom stereocenters. The Bertz CT molecular complexity index is 151. The van der Waals surface area contributed by atoms with E-state index >= 15 is 0 Å². The average molecular weight is 169 g/mol. The van der Waals surface area contributed by atoms with Crippen molar-refractivity contribution in [3.63, 3.8) is 0 Å². The van der Waals surface area contributed by atoms with Gasteiger partial charge in [-0.1, -0.05) is 0 Å². The molecular weight excluding hydrogens is 154 g/mol. The van der Waals surface area contributed by atoms with Gasteiger partial charge in [0.15, 0.2) is 5.96 Å². The number of hydrogen-bond acceptors (Lipinski definition) is 3. The minimum Gasteiger partial charge on any atom is -0.329 e. The Morgan fingerprint density at radius 2 is 1.50 bits per heavy atom. The fraction of sp³-hybridized carbons (Fsp3) is 0.857. The molecule has 0 saturated carbocycles. The third kappa shape index (κ3) is 1.37. The van der Waals surface area contributed by atoms with Gasteiger partial charge in [-0.15, -0.1) is 0 Å². The van der Waals surface area contributed by atoms with E-state index in [0.29, 0.717) is 5.96 Å². The first kappa shape index (κ1) is 7.82. The van der Waals surface area contributed by atoms with E-state index in [9.17, 15) is 0 Å². The molecule has 0 aliphatic carbocycles. The summed E-state index contributed by atoms with van der Waals surface area (Å²) >= 11 is 0. The number of nitrogens with zero attached hydrogens (tertiary/aromatic N) is 2. The molecule has 2 heterocycles. The minimum atomic E-state index is 0.657. The summed E-state index contributed by atoms with van der Waals surface area (Å²) in [5.41, 5.74) is 0. The van der Waals surface area contributed by atoms with Crippen LogP contribution in [-0.4, -0.2) is 55.3 Å². The van der Waals surface area contributed by atoms with Crippen molar-refractivity contribution in [2.45, 2.75) is 0 Å².